The molecule has 1 aromatic carbocycles. The van der Waals surface area contributed by atoms with Crippen molar-refractivity contribution in [3.8, 4) is 5.75 Å². The number of pyridine rings is 1. The Hall–Kier alpha value is -1.65. The van der Waals surface area contributed by atoms with E-state index < -0.39 is 0 Å². The van der Waals surface area contributed by atoms with Gasteiger partial charge in [-0.2, -0.15) is 0 Å². The van der Waals surface area contributed by atoms with E-state index in [0.717, 1.165) is 42.8 Å². The van der Waals surface area contributed by atoms with E-state index in [4.69, 9.17) is 9.47 Å². The van der Waals surface area contributed by atoms with Gasteiger partial charge >= 0.3 is 0 Å². The predicted octanol–water partition coefficient (Wildman–Crippen LogP) is 2.63. The number of aromatic nitrogens is 1. The van der Waals surface area contributed by atoms with Gasteiger partial charge in [-0.05, 0) is 44.2 Å². The molecule has 2 aromatic rings. The van der Waals surface area contributed by atoms with Crippen LogP contribution in [0.2, 0.25) is 0 Å². The zero-order valence-electron chi connectivity index (χ0n) is 12.1. The molecule has 0 aliphatic heterocycles. The molecule has 0 aliphatic rings. The molecule has 1 heterocycles. The van der Waals surface area contributed by atoms with Crippen molar-refractivity contribution >= 4 is 10.9 Å². The van der Waals surface area contributed by atoms with Crippen LogP contribution >= 0.6 is 0 Å². The summed E-state index contributed by atoms with van der Waals surface area (Å²) in [7, 11) is 1.72. The minimum absolute atomic E-state index is 0.114. The maximum Gasteiger partial charge on any atom is 0.129 e. The molecule has 0 radical (unpaired) electrons. The van der Waals surface area contributed by atoms with E-state index in [-0.39, 0.29) is 6.10 Å². The highest BCUT2D eigenvalue weighted by atomic mass is 16.5. The van der Waals surface area contributed by atoms with Gasteiger partial charge in [0, 0.05) is 31.8 Å². The molecule has 1 N–H and O–H groups in total. The van der Waals surface area contributed by atoms with Crippen molar-refractivity contribution in [1.29, 1.82) is 0 Å². The summed E-state index contributed by atoms with van der Waals surface area (Å²) in [6, 6.07) is 9.93. The smallest absolute Gasteiger partial charge is 0.129 e. The van der Waals surface area contributed by atoms with Crippen molar-refractivity contribution in [2.75, 3.05) is 26.8 Å². The van der Waals surface area contributed by atoms with Crippen molar-refractivity contribution < 1.29 is 9.47 Å². The van der Waals surface area contributed by atoms with Gasteiger partial charge in [0.05, 0.1) is 5.52 Å². The van der Waals surface area contributed by atoms with E-state index >= 15 is 0 Å². The number of benzene rings is 1. The highest BCUT2D eigenvalue weighted by molar-refractivity contribution is 5.84. The van der Waals surface area contributed by atoms with Crippen LogP contribution in [0.1, 0.15) is 13.3 Å². The van der Waals surface area contributed by atoms with Crippen molar-refractivity contribution in [3.05, 3.63) is 36.5 Å². The number of hydrogen-bond acceptors (Lipinski definition) is 4. The van der Waals surface area contributed by atoms with Crippen LogP contribution in [0.15, 0.2) is 36.5 Å². The summed E-state index contributed by atoms with van der Waals surface area (Å²) >= 11 is 0. The van der Waals surface area contributed by atoms with Crippen LogP contribution in [0.5, 0.6) is 5.75 Å². The van der Waals surface area contributed by atoms with Gasteiger partial charge in [0.15, 0.2) is 0 Å². The number of methoxy groups -OCH3 is 1. The molecule has 2 rings (SSSR count). The Morgan fingerprint density at radius 1 is 1.25 bits per heavy atom. The lowest BCUT2D eigenvalue weighted by Gasteiger charge is -2.16. The summed E-state index contributed by atoms with van der Waals surface area (Å²) in [6.07, 6.45) is 2.93. The number of hydrogen-bond donors (Lipinski definition) is 1. The summed E-state index contributed by atoms with van der Waals surface area (Å²) in [5.74, 6) is 0.891. The van der Waals surface area contributed by atoms with Gasteiger partial charge in [-0.1, -0.05) is 6.07 Å². The number of ether oxygens (including phenoxy) is 2. The predicted molar refractivity (Wildman–Crippen MR) is 81.2 cm³/mol. The van der Waals surface area contributed by atoms with Crippen LogP contribution in [0.3, 0.4) is 0 Å². The summed E-state index contributed by atoms with van der Waals surface area (Å²) < 4.78 is 11.0. The van der Waals surface area contributed by atoms with E-state index in [1.165, 1.54) is 0 Å². The first-order chi connectivity index (χ1) is 9.81. The molecule has 0 saturated carbocycles. The van der Waals surface area contributed by atoms with Crippen molar-refractivity contribution in [2.45, 2.75) is 19.4 Å². The lowest BCUT2D eigenvalue weighted by atomic mass is 10.2. The largest absolute Gasteiger partial charge is 0.489 e. The van der Waals surface area contributed by atoms with Crippen molar-refractivity contribution in [2.24, 2.45) is 0 Å². The fraction of sp³-hybridized carbons (Fsp3) is 0.438. The topological polar surface area (TPSA) is 43.4 Å². The Balaban J connectivity index is 1.88. The summed E-state index contributed by atoms with van der Waals surface area (Å²) in [5.41, 5.74) is 0.963. The quantitative estimate of drug-likeness (QED) is 0.752. The first-order valence-corrected chi connectivity index (χ1v) is 7.01. The Kier molecular flexibility index (Phi) is 5.77. The molecule has 4 heteroatoms. The Morgan fingerprint density at radius 2 is 2.15 bits per heavy atom. The summed E-state index contributed by atoms with van der Waals surface area (Å²) in [6.45, 7) is 4.62. The molecule has 0 fully saturated rings. The van der Waals surface area contributed by atoms with Gasteiger partial charge < -0.3 is 14.8 Å². The maximum atomic E-state index is 6.00. The third kappa shape index (κ3) is 4.18. The number of fused-ring (bicyclic) bond motifs is 1. The third-order valence-electron chi connectivity index (χ3n) is 3.07. The zero-order chi connectivity index (χ0) is 14.2. The molecule has 4 nitrogen and oxygen atoms in total. The van der Waals surface area contributed by atoms with E-state index in [9.17, 15) is 0 Å². The molecule has 20 heavy (non-hydrogen) atoms. The van der Waals surface area contributed by atoms with Crippen LogP contribution in [-0.2, 0) is 4.74 Å². The number of nitrogens with one attached hydrogen (secondary N) is 1. The Bertz CT molecular complexity index is 525. The van der Waals surface area contributed by atoms with Crippen LogP contribution in [0.25, 0.3) is 10.9 Å². The molecular weight excluding hydrogens is 252 g/mol. The van der Waals surface area contributed by atoms with Gasteiger partial charge in [-0.15, -0.1) is 0 Å². The summed E-state index contributed by atoms with van der Waals surface area (Å²) in [5, 5.41) is 4.42. The fourth-order valence-electron chi connectivity index (χ4n) is 2.08. The average molecular weight is 274 g/mol. The normalized spacial score (nSPS) is 12.5. The van der Waals surface area contributed by atoms with E-state index in [1.807, 2.05) is 30.3 Å². The van der Waals surface area contributed by atoms with Gasteiger partial charge in [-0.3, -0.25) is 4.98 Å². The minimum atomic E-state index is 0.114. The van der Waals surface area contributed by atoms with Crippen LogP contribution in [0, 0.1) is 0 Å². The molecule has 0 aliphatic carbocycles. The monoisotopic (exact) mass is 274 g/mol. The van der Waals surface area contributed by atoms with Crippen molar-refractivity contribution in [3.63, 3.8) is 0 Å². The van der Waals surface area contributed by atoms with Crippen LogP contribution in [-0.4, -0.2) is 37.9 Å². The first kappa shape index (κ1) is 14.8. The molecule has 1 atom stereocenters. The number of rotatable bonds is 8. The lowest BCUT2D eigenvalue weighted by molar-refractivity contribution is 0.188. The van der Waals surface area contributed by atoms with E-state index in [2.05, 4.69) is 17.2 Å². The number of nitrogens with zero attached hydrogens (tertiary/aromatic N) is 1. The third-order valence-corrected chi connectivity index (χ3v) is 3.07. The summed E-state index contributed by atoms with van der Waals surface area (Å²) in [4.78, 5) is 4.34. The van der Waals surface area contributed by atoms with Crippen molar-refractivity contribution in [1.82, 2.24) is 10.3 Å². The average Bonchev–Trinajstić information content (AvgIpc) is 2.47. The molecule has 1 unspecified atom stereocenters. The SMILES string of the molecule is COCCCNCC(C)Oc1cccc2ncccc12. The molecule has 0 bridgehead atoms. The van der Waals surface area contributed by atoms with E-state index in [0.29, 0.717) is 0 Å². The second kappa shape index (κ2) is 7.82. The molecule has 1 aromatic heterocycles. The first-order valence-electron chi connectivity index (χ1n) is 7.01. The highest BCUT2D eigenvalue weighted by Crippen LogP contribution is 2.24. The van der Waals surface area contributed by atoms with Gasteiger partial charge in [-0.25, -0.2) is 0 Å². The standard InChI is InChI=1S/C16H22N2O2/c1-13(12-17-9-5-11-19-2)20-16-8-3-7-15-14(16)6-4-10-18-15/h3-4,6-8,10,13,17H,5,9,11-12H2,1-2H3. The second-order valence-corrected chi connectivity index (χ2v) is 4.81. The van der Waals surface area contributed by atoms with Gasteiger partial charge in [0.1, 0.15) is 11.9 Å². The van der Waals surface area contributed by atoms with Crippen LogP contribution < -0.4 is 10.1 Å². The molecule has 0 amide bonds. The van der Waals surface area contributed by atoms with E-state index in [1.54, 1.807) is 13.3 Å². The molecular formula is C16H22N2O2. The zero-order valence-corrected chi connectivity index (χ0v) is 12.1. The van der Waals surface area contributed by atoms with Gasteiger partial charge in [0.25, 0.3) is 0 Å². The van der Waals surface area contributed by atoms with Gasteiger partial charge in [0.2, 0.25) is 0 Å². The van der Waals surface area contributed by atoms with Crippen LogP contribution in [0.4, 0.5) is 0 Å². The highest BCUT2D eigenvalue weighted by Gasteiger charge is 2.07. The molecule has 0 spiro atoms. The lowest BCUT2D eigenvalue weighted by Crippen LogP contribution is -2.30. The minimum Gasteiger partial charge on any atom is -0.489 e. The second-order valence-electron chi connectivity index (χ2n) is 4.81. The fourth-order valence-corrected chi connectivity index (χ4v) is 2.08. The Morgan fingerprint density at radius 3 is 3.00 bits per heavy atom. The maximum absolute atomic E-state index is 6.00. The Labute approximate surface area is 120 Å². The molecule has 0 saturated heterocycles. The molecule has 108 valence electrons.